The Morgan fingerprint density at radius 1 is 1.40 bits per heavy atom. The van der Waals surface area contributed by atoms with Crippen LogP contribution in [0.25, 0.3) is 0 Å². The molecule has 1 aliphatic heterocycles. The number of hydrogen-bond donors (Lipinski definition) is 1. The van der Waals surface area contributed by atoms with Crippen molar-refractivity contribution in [3.63, 3.8) is 0 Å². The minimum Gasteiger partial charge on any atom is -0.480 e. The highest BCUT2D eigenvalue weighted by Crippen LogP contribution is 2.32. The molecule has 0 spiro atoms. The smallest absolute Gasteiger partial charge is 0.416 e. The van der Waals surface area contributed by atoms with Gasteiger partial charge in [-0.3, -0.25) is 4.79 Å². The third-order valence-electron chi connectivity index (χ3n) is 4.47. The van der Waals surface area contributed by atoms with E-state index in [9.17, 15) is 27.9 Å². The van der Waals surface area contributed by atoms with Crippen LogP contribution in [-0.4, -0.2) is 47.7 Å². The largest absolute Gasteiger partial charge is 0.480 e. The summed E-state index contributed by atoms with van der Waals surface area (Å²) in [5.74, 6) is -1.98. The van der Waals surface area contributed by atoms with Gasteiger partial charge in [-0.25, -0.2) is 4.79 Å². The van der Waals surface area contributed by atoms with E-state index < -0.39 is 35.6 Å². The van der Waals surface area contributed by atoms with Crippen LogP contribution in [0, 0.1) is 0 Å². The summed E-state index contributed by atoms with van der Waals surface area (Å²) < 4.78 is 43.6. The van der Waals surface area contributed by atoms with Crippen LogP contribution in [0.1, 0.15) is 36.8 Å². The molecule has 0 saturated carbocycles. The summed E-state index contributed by atoms with van der Waals surface area (Å²) >= 11 is 0. The Hall–Kier alpha value is -2.09. The first kappa shape index (κ1) is 19.2. The van der Waals surface area contributed by atoms with E-state index in [2.05, 4.69) is 0 Å². The first-order valence-electron chi connectivity index (χ1n) is 7.85. The molecule has 1 saturated heterocycles. The molecule has 0 aromatic heterocycles. The topological polar surface area (TPSA) is 66.8 Å². The summed E-state index contributed by atoms with van der Waals surface area (Å²) in [6.07, 6.45) is -4.67. The molecule has 1 amide bonds. The number of carbonyl (C=O) groups excluding carboxylic acids is 1. The first-order valence-corrected chi connectivity index (χ1v) is 7.85. The molecule has 0 bridgehead atoms. The number of carbonyl (C=O) groups is 2. The lowest BCUT2D eigenvalue weighted by molar-refractivity contribution is -0.148. The average molecular weight is 359 g/mol. The van der Waals surface area contributed by atoms with Gasteiger partial charge in [0.2, 0.25) is 5.91 Å². The third kappa shape index (κ3) is 4.50. The Kier molecular flexibility index (Phi) is 5.72. The molecule has 8 heteroatoms. The minimum atomic E-state index is -4.45. The van der Waals surface area contributed by atoms with Crippen LogP contribution < -0.4 is 0 Å². The zero-order chi connectivity index (χ0) is 18.8. The molecule has 1 N–H and O–H groups in total. The van der Waals surface area contributed by atoms with E-state index in [1.807, 2.05) is 0 Å². The molecule has 5 nitrogen and oxygen atoms in total. The minimum absolute atomic E-state index is 0.0679. The van der Waals surface area contributed by atoms with Crippen molar-refractivity contribution in [2.75, 3.05) is 13.7 Å². The van der Waals surface area contributed by atoms with Crippen molar-refractivity contribution in [2.24, 2.45) is 0 Å². The fourth-order valence-corrected chi connectivity index (χ4v) is 3.00. The monoisotopic (exact) mass is 359 g/mol. The summed E-state index contributed by atoms with van der Waals surface area (Å²) in [5.41, 5.74) is -0.383. The molecule has 2 rings (SSSR count). The van der Waals surface area contributed by atoms with Gasteiger partial charge < -0.3 is 14.7 Å². The van der Waals surface area contributed by atoms with Crippen molar-refractivity contribution in [3.8, 4) is 0 Å². The average Bonchev–Trinajstić information content (AvgIpc) is 2.99. The summed E-state index contributed by atoms with van der Waals surface area (Å²) in [6.45, 7) is 1.81. The summed E-state index contributed by atoms with van der Waals surface area (Å²) in [4.78, 5) is 25.0. The number of amides is 1. The Morgan fingerprint density at radius 2 is 2.08 bits per heavy atom. The molecular weight excluding hydrogens is 339 g/mol. The number of rotatable bonds is 5. The van der Waals surface area contributed by atoms with Gasteiger partial charge in [-0.2, -0.15) is 13.2 Å². The Morgan fingerprint density at radius 3 is 2.64 bits per heavy atom. The molecular formula is C17H20F3NO4. The highest BCUT2D eigenvalue weighted by atomic mass is 19.4. The molecule has 0 radical (unpaired) electrons. The van der Waals surface area contributed by atoms with Gasteiger partial charge in [0.1, 0.15) is 6.04 Å². The van der Waals surface area contributed by atoms with E-state index in [4.69, 9.17) is 4.74 Å². The van der Waals surface area contributed by atoms with Crippen molar-refractivity contribution in [1.82, 2.24) is 4.90 Å². The number of methoxy groups -OCH3 is 1. The highest BCUT2D eigenvalue weighted by molar-refractivity contribution is 5.85. The number of carboxylic acids is 1. The maximum atomic E-state index is 12.8. The standard InChI is InChI=1S/C17H20F3NO4/c1-10(11-4-3-5-12(7-11)17(18,19)20)6-15(22)21-9-13(25-2)8-14(21)16(23)24/h3-5,7,10,13-14H,6,8-9H2,1-2H3,(H,23,24). The summed E-state index contributed by atoms with van der Waals surface area (Å²) in [6, 6.07) is 3.86. The fourth-order valence-electron chi connectivity index (χ4n) is 3.00. The maximum absolute atomic E-state index is 12.8. The van der Waals surface area contributed by atoms with E-state index in [0.717, 1.165) is 12.1 Å². The van der Waals surface area contributed by atoms with Crippen LogP contribution in [0.3, 0.4) is 0 Å². The van der Waals surface area contributed by atoms with Gasteiger partial charge in [0.05, 0.1) is 11.7 Å². The predicted octanol–water partition coefficient (Wildman–Crippen LogP) is 2.90. The molecule has 1 aromatic carbocycles. The molecule has 1 aliphatic rings. The molecule has 0 aliphatic carbocycles. The number of likely N-dealkylation sites (tertiary alicyclic amines) is 1. The second-order valence-electron chi connectivity index (χ2n) is 6.22. The lowest BCUT2D eigenvalue weighted by atomic mass is 9.95. The number of halogens is 3. The lowest BCUT2D eigenvalue weighted by Crippen LogP contribution is -2.41. The maximum Gasteiger partial charge on any atom is 0.416 e. The van der Waals surface area contributed by atoms with E-state index in [-0.39, 0.29) is 25.5 Å². The molecule has 1 aromatic rings. The number of hydrogen-bond acceptors (Lipinski definition) is 3. The van der Waals surface area contributed by atoms with Crippen LogP contribution in [0.15, 0.2) is 24.3 Å². The van der Waals surface area contributed by atoms with Gasteiger partial charge in [-0.05, 0) is 17.5 Å². The molecule has 1 fully saturated rings. The van der Waals surface area contributed by atoms with Crippen molar-refractivity contribution < 1.29 is 32.6 Å². The van der Waals surface area contributed by atoms with Crippen molar-refractivity contribution in [3.05, 3.63) is 35.4 Å². The molecule has 25 heavy (non-hydrogen) atoms. The van der Waals surface area contributed by atoms with Gasteiger partial charge in [0.15, 0.2) is 0 Å². The Bertz CT molecular complexity index is 647. The van der Waals surface area contributed by atoms with Gasteiger partial charge in [-0.1, -0.05) is 25.1 Å². The second kappa shape index (κ2) is 7.43. The number of carboxylic acid groups (broad SMARTS) is 1. The van der Waals surface area contributed by atoms with Crippen molar-refractivity contribution in [2.45, 2.75) is 44.0 Å². The zero-order valence-corrected chi connectivity index (χ0v) is 13.9. The van der Waals surface area contributed by atoms with Crippen molar-refractivity contribution >= 4 is 11.9 Å². The number of ether oxygens (including phenoxy) is 1. The predicted molar refractivity (Wildman–Crippen MR) is 83.0 cm³/mol. The SMILES string of the molecule is COC1CC(C(=O)O)N(C(=O)CC(C)c2cccc(C(F)(F)F)c2)C1. The number of aliphatic carboxylic acids is 1. The summed E-state index contributed by atoms with van der Waals surface area (Å²) in [7, 11) is 1.45. The van der Waals surface area contributed by atoms with Crippen LogP contribution in [-0.2, 0) is 20.5 Å². The lowest BCUT2D eigenvalue weighted by Gasteiger charge is -2.23. The van der Waals surface area contributed by atoms with Gasteiger partial charge in [0, 0.05) is 26.5 Å². The van der Waals surface area contributed by atoms with Gasteiger partial charge >= 0.3 is 12.1 Å². The van der Waals surface area contributed by atoms with Gasteiger partial charge in [-0.15, -0.1) is 0 Å². The molecule has 1 heterocycles. The van der Waals surface area contributed by atoms with E-state index >= 15 is 0 Å². The third-order valence-corrected chi connectivity index (χ3v) is 4.47. The van der Waals surface area contributed by atoms with Crippen LogP contribution in [0.2, 0.25) is 0 Å². The van der Waals surface area contributed by atoms with Crippen LogP contribution in [0.4, 0.5) is 13.2 Å². The Balaban J connectivity index is 2.11. The quantitative estimate of drug-likeness (QED) is 0.878. The number of alkyl halides is 3. The number of benzene rings is 1. The van der Waals surface area contributed by atoms with Crippen molar-refractivity contribution in [1.29, 1.82) is 0 Å². The zero-order valence-electron chi connectivity index (χ0n) is 13.9. The van der Waals surface area contributed by atoms with E-state index in [0.29, 0.717) is 5.56 Å². The molecule has 138 valence electrons. The first-order chi connectivity index (χ1) is 11.6. The van der Waals surface area contributed by atoms with Crippen LogP contribution >= 0.6 is 0 Å². The second-order valence-corrected chi connectivity index (χ2v) is 6.22. The summed E-state index contributed by atoms with van der Waals surface area (Å²) in [5, 5.41) is 9.25. The van der Waals surface area contributed by atoms with E-state index in [1.165, 1.54) is 24.1 Å². The van der Waals surface area contributed by atoms with E-state index in [1.54, 1.807) is 6.92 Å². The van der Waals surface area contributed by atoms with Crippen LogP contribution in [0.5, 0.6) is 0 Å². The normalized spacial score (nSPS) is 22.0. The highest BCUT2D eigenvalue weighted by Gasteiger charge is 2.40. The van der Waals surface area contributed by atoms with Gasteiger partial charge in [0.25, 0.3) is 0 Å². The fraction of sp³-hybridized carbons (Fsp3) is 0.529. The Labute approximate surface area is 143 Å². The number of nitrogens with zero attached hydrogens (tertiary/aromatic N) is 1. The molecule has 3 unspecified atom stereocenters. The molecule has 3 atom stereocenters.